The average Bonchev–Trinajstić information content (AvgIpc) is 2.35. The molecule has 0 fully saturated rings. The van der Waals surface area contributed by atoms with Crippen LogP contribution in [0.15, 0.2) is 34.9 Å². The standard InChI is InChI=1S/C14H15BrN2O/c1-3-8-18-13-7-5-4-6-11(13)12-9-14(15)17-10(2)16-12/h4-7,9H,3,8H2,1-2H3. The van der Waals surface area contributed by atoms with Crippen LogP contribution in [0, 0.1) is 6.92 Å². The van der Waals surface area contributed by atoms with Gasteiger partial charge in [-0.1, -0.05) is 19.1 Å². The first-order chi connectivity index (χ1) is 8.70. The molecule has 94 valence electrons. The third-order valence-electron chi connectivity index (χ3n) is 2.43. The van der Waals surface area contributed by atoms with Gasteiger partial charge in [-0.25, -0.2) is 9.97 Å². The maximum Gasteiger partial charge on any atom is 0.128 e. The van der Waals surface area contributed by atoms with Crippen LogP contribution in [0.1, 0.15) is 19.2 Å². The van der Waals surface area contributed by atoms with Crippen molar-refractivity contribution < 1.29 is 4.74 Å². The number of ether oxygens (including phenoxy) is 1. The van der Waals surface area contributed by atoms with Gasteiger partial charge >= 0.3 is 0 Å². The van der Waals surface area contributed by atoms with Crippen molar-refractivity contribution in [3.8, 4) is 17.0 Å². The van der Waals surface area contributed by atoms with Crippen LogP contribution in [-0.2, 0) is 0 Å². The van der Waals surface area contributed by atoms with Crippen LogP contribution in [0.3, 0.4) is 0 Å². The first-order valence-electron chi connectivity index (χ1n) is 5.94. The van der Waals surface area contributed by atoms with E-state index in [0.717, 1.165) is 33.9 Å². The smallest absolute Gasteiger partial charge is 0.128 e. The summed E-state index contributed by atoms with van der Waals surface area (Å²) in [7, 11) is 0. The number of aromatic nitrogens is 2. The Morgan fingerprint density at radius 2 is 2.00 bits per heavy atom. The molecule has 2 rings (SSSR count). The number of nitrogens with zero attached hydrogens (tertiary/aromatic N) is 2. The predicted octanol–water partition coefficient (Wildman–Crippen LogP) is 4.00. The van der Waals surface area contributed by atoms with E-state index in [-0.39, 0.29) is 0 Å². The lowest BCUT2D eigenvalue weighted by Gasteiger charge is -2.10. The van der Waals surface area contributed by atoms with Crippen molar-refractivity contribution in [1.82, 2.24) is 9.97 Å². The Labute approximate surface area is 115 Å². The van der Waals surface area contributed by atoms with Crippen molar-refractivity contribution in [3.05, 3.63) is 40.8 Å². The normalized spacial score (nSPS) is 10.4. The summed E-state index contributed by atoms with van der Waals surface area (Å²) in [5.41, 5.74) is 1.87. The highest BCUT2D eigenvalue weighted by Crippen LogP contribution is 2.29. The van der Waals surface area contributed by atoms with E-state index in [2.05, 4.69) is 32.8 Å². The van der Waals surface area contributed by atoms with Gasteiger partial charge in [0.25, 0.3) is 0 Å². The first-order valence-corrected chi connectivity index (χ1v) is 6.73. The van der Waals surface area contributed by atoms with E-state index in [4.69, 9.17) is 4.74 Å². The predicted molar refractivity (Wildman–Crippen MR) is 75.7 cm³/mol. The molecule has 3 nitrogen and oxygen atoms in total. The molecule has 18 heavy (non-hydrogen) atoms. The maximum atomic E-state index is 5.74. The second-order valence-electron chi connectivity index (χ2n) is 3.97. The molecular formula is C14H15BrN2O. The van der Waals surface area contributed by atoms with Gasteiger partial charge in [-0.05, 0) is 47.5 Å². The minimum Gasteiger partial charge on any atom is -0.493 e. The zero-order valence-electron chi connectivity index (χ0n) is 10.5. The third kappa shape index (κ3) is 3.07. The quantitative estimate of drug-likeness (QED) is 0.801. The van der Waals surface area contributed by atoms with E-state index >= 15 is 0 Å². The van der Waals surface area contributed by atoms with Crippen LogP contribution in [0.25, 0.3) is 11.3 Å². The van der Waals surface area contributed by atoms with Crippen LogP contribution < -0.4 is 4.74 Å². The van der Waals surface area contributed by atoms with Crippen LogP contribution in [0.5, 0.6) is 5.75 Å². The second kappa shape index (κ2) is 5.96. The number of benzene rings is 1. The molecule has 0 aliphatic heterocycles. The van der Waals surface area contributed by atoms with Gasteiger partial charge < -0.3 is 4.74 Å². The van der Waals surface area contributed by atoms with Gasteiger partial charge in [-0.15, -0.1) is 0 Å². The number of aryl methyl sites for hydroxylation is 1. The van der Waals surface area contributed by atoms with E-state index in [1.165, 1.54) is 0 Å². The molecular weight excluding hydrogens is 292 g/mol. The molecule has 0 bridgehead atoms. The Bertz CT molecular complexity index is 523. The zero-order chi connectivity index (χ0) is 13.0. The molecule has 1 aromatic carbocycles. The number of hydrogen-bond donors (Lipinski definition) is 0. The van der Waals surface area contributed by atoms with Gasteiger partial charge in [0.15, 0.2) is 0 Å². The lowest BCUT2D eigenvalue weighted by atomic mass is 10.1. The van der Waals surface area contributed by atoms with Crippen molar-refractivity contribution in [2.75, 3.05) is 6.61 Å². The molecule has 0 saturated carbocycles. The monoisotopic (exact) mass is 306 g/mol. The highest BCUT2D eigenvalue weighted by atomic mass is 79.9. The van der Waals surface area contributed by atoms with E-state index in [0.29, 0.717) is 6.61 Å². The van der Waals surface area contributed by atoms with Crippen molar-refractivity contribution in [2.24, 2.45) is 0 Å². The highest BCUT2D eigenvalue weighted by Gasteiger charge is 2.08. The lowest BCUT2D eigenvalue weighted by Crippen LogP contribution is -1.98. The molecule has 0 N–H and O–H groups in total. The molecule has 2 aromatic rings. The van der Waals surface area contributed by atoms with Crippen molar-refractivity contribution in [3.63, 3.8) is 0 Å². The fourth-order valence-electron chi connectivity index (χ4n) is 1.69. The summed E-state index contributed by atoms with van der Waals surface area (Å²) in [6, 6.07) is 9.84. The Morgan fingerprint density at radius 1 is 1.22 bits per heavy atom. The fourth-order valence-corrected chi connectivity index (χ4v) is 2.16. The van der Waals surface area contributed by atoms with Crippen LogP contribution in [0.2, 0.25) is 0 Å². The Hall–Kier alpha value is -1.42. The summed E-state index contributed by atoms with van der Waals surface area (Å²) in [6.07, 6.45) is 0.987. The molecule has 1 heterocycles. The van der Waals surface area contributed by atoms with Gasteiger partial charge in [0.1, 0.15) is 16.2 Å². The number of halogens is 1. The number of hydrogen-bond acceptors (Lipinski definition) is 3. The van der Waals surface area contributed by atoms with Gasteiger partial charge in [-0.2, -0.15) is 0 Å². The fraction of sp³-hybridized carbons (Fsp3) is 0.286. The summed E-state index contributed by atoms with van der Waals surface area (Å²) < 4.78 is 6.53. The Kier molecular flexibility index (Phi) is 4.31. The van der Waals surface area contributed by atoms with E-state index in [1.807, 2.05) is 37.3 Å². The molecule has 0 atom stereocenters. The summed E-state index contributed by atoms with van der Waals surface area (Å²) in [4.78, 5) is 8.67. The molecule has 0 unspecified atom stereocenters. The largest absolute Gasteiger partial charge is 0.493 e. The van der Waals surface area contributed by atoms with Gasteiger partial charge in [-0.3, -0.25) is 0 Å². The van der Waals surface area contributed by atoms with Crippen molar-refractivity contribution in [1.29, 1.82) is 0 Å². The van der Waals surface area contributed by atoms with Gasteiger partial charge in [0.2, 0.25) is 0 Å². The number of rotatable bonds is 4. The topological polar surface area (TPSA) is 35.0 Å². The van der Waals surface area contributed by atoms with Gasteiger partial charge in [0, 0.05) is 5.56 Å². The van der Waals surface area contributed by atoms with E-state index in [9.17, 15) is 0 Å². The first kappa shape index (κ1) is 13.0. The molecule has 0 radical (unpaired) electrons. The van der Waals surface area contributed by atoms with Gasteiger partial charge in [0.05, 0.1) is 12.3 Å². The summed E-state index contributed by atoms with van der Waals surface area (Å²) >= 11 is 3.40. The molecule has 1 aromatic heterocycles. The minimum absolute atomic E-state index is 0.711. The summed E-state index contributed by atoms with van der Waals surface area (Å²) in [5.74, 6) is 1.61. The average molecular weight is 307 g/mol. The van der Waals surface area contributed by atoms with Crippen LogP contribution in [0.4, 0.5) is 0 Å². The summed E-state index contributed by atoms with van der Waals surface area (Å²) in [6.45, 7) is 4.68. The minimum atomic E-state index is 0.711. The Morgan fingerprint density at radius 3 is 2.72 bits per heavy atom. The molecule has 0 spiro atoms. The maximum absolute atomic E-state index is 5.74. The zero-order valence-corrected chi connectivity index (χ0v) is 12.1. The number of para-hydroxylation sites is 1. The summed E-state index contributed by atoms with van der Waals surface area (Å²) in [5, 5.41) is 0. The van der Waals surface area contributed by atoms with Crippen LogP contribution >= 0.6 is 15.9 Å². The molecule has 0 amide bonds. The SMILES string of the molecule is CCCOc1ccccc1-c1cc(Br)nc(C)n1. The second-order valence-corrected chi connectivity index (χ2v) is 4.78. The molecule has 0 aliphatic carbocycles. The highest BCUT2D eigenvalue weighted by molar-refractivity contribution is 9.10. The molecule has 0 aliphatic rings. The molecule has 0 saturated heterocycles. The van der Waals surface area contributed by atoms with Crippen LogP contribution in [-0.4, -0.2) is 16.6 Å². The van der Waals surface area contributed by atoms with Crippen molar-refractivity contribution in [2.45, 2.75) is 20.3 Å². The third-order valence-corrected chi connectivity index (χ3v) is 2.84. The van der Waals surface area contributed by atoms with E-state index in [1.54, 1.807) is 0 Å². The van der Waals surface area contributed by atoms with Crippen molar-refractivity contribution >= 4 is 15.9 Å². The molecule has 4 heteroatoms. The van der Waals surface area contributed by atoms with E-state index < -0.39 is 0 Å². The lowest BCUT2D eigenvalue weighted by molar-refractivity contribution is 0.318. The Balaban J connectivity index is 2.42.